The molecule has 10 heteroatoms. The summed E-state index contributed by atoms with van der Waals surface area (Å²) < 4.78 is 27.9. The van der Waals surface area contributed by atoms with Crippen LogP contribution >= 0.6 is 0 Å². The lowest BCUT2D eigenvalue weighted by Crippen LogP contribution is -2.47. The van der Waals surface area contributed by atoms with Crippen LogP contribution in [0.5, 0.6) is 0 Å². The van der Waals surface area contributed by atoms with Gasteiger partial charge in [0.25, 0.3) is 0 Å². The molecule has 35 heavy (non-hydrogen) atoms. The van der Waals surface area contributed by atoms with Crippen molar-refractivity contribution in [2.45, 2.75) is 63.1 Å². The summed E-state index contributed by atoms with van der Waals surface area (Å²) in [4.78, 5) is 19.0. The molecule has 0 spiro atoms. The molecule has 2 aliphatic rings. The predicted octanol–water partition coefficient (Wildman–Crippen LogP) is 2.77. The fourth-order valence-electron chi connectivity index (χ4n) is 4.53. The lowest BCUT2D eigenvalue weighted by atomic mass is 10.0. The second kappa shape index (κ2) is 10.7. The highest BCUT2D eigenvalue weighted by Crippen LogP contribution is 2.25. The maximum atomic E-state index is 13.2. The molecule has 0 saturated carbocycles. The van der Waals surface area contributed by atoms with Crippen LogP contribution in [0.3, 0.4) is 0 Å². The summed E-state index contributed by atoms with van der Waals surface area (Å²) in [6.07, 6.45) is 4.38. The van der Waals surface area contributed by atoms with Crippen molar-refractivity contribution >= 4 is 21.7 Å². The number of hydrogen-bond donors (Lipinski definition) is 1. The molecular formula is C25H32N6O3S. The molecule has 1 N–H and O–H groups in total. The highest BCUT2D eigenvalue weighted by atomic mass is 32.2. The number of hydrogen-bond acceptors (Lipinski definition) is 7. The van der Waals surface area contributed by atoms with E-state index in [0.29, 0.717) is 38.3 Å². The van der Waals surface area contributed by atoms with Crippen molar-refractivity contribution in [1.29, 1.82) is 5.26 Å². The zero-order valence-electron chi connectivity index (χ0n) is 20.2. The quantitative estimate of drug-likeness (QED) is 0.560. The zero-order chi connectivity index (χ0) is 25.0. The van der Waals surface area contributed by atoms with E-state index in [0.717, 1.165) is 18.4 Å². The van der Waals surface area contributed by atoms with Gasteiger partial charge in [-0.25, -0.2) is 18.4 Å². The van der Waals surface area contributed by atoms with Crippen LogP contribution in [0, 0.1) is 11.3 Å². The summed E-state index contributed by atoms with van der Waals surface area (Å²) in [6, 6.07) is 12.9. The smallest absolute Gasteiger partial charge is 0.244 e. The van der Waals surface area contributed by atoms with Gasteiger partial charge in [-0.15, -0.1) is 0 Å². The number of rotatable bonds is 8. The van der Waals surface area contributed by atoms with Crippen LogP contribution in [0.2, 0.25) is 0 Å². The summed E-state index contributed by atoms with van der Waals surface area (Å²) in [6.45, 7) is 5.50. The number of amides is 1. The molecule has 0 bridgehead atoms. The van der Waals surface area contributed by atoms with E-state index >= 15 is 0 Å². The van der Waals surface area contributed by atoms with Gasteiger partial charge in [0.2, 0.25) is 15.9 Å². The lowest BCUT2D eigenvalue weighted by Gasteiger charge is -2.31. The number of likely N-dealkylation sites (tertiary alicyclic amines) is 1. The molecular weight excluding hydrogens is 464 g/mol. The van der Waals surface area contributed by atoms with Crippen LogP contribution in [-0.4, -0.2) is 65.2 Å². The minimum atomic E-state index is -3.67. The average Bonchev–Trinajstić information content (AvgIpc) is 3.37. The maximum Gasteiger partial charge on any atom is 0.244 e. The van der Waals surface area contributed by atoms with E-state index in [2.05, 4.69) is 16.5 Å². The van der Waals surface area contributed by atoms with Crippen LogP contribution in [0.1, 0.15) is 44.2 Å². The first-order valence-electron chi connectivity index (χ1n) is 12.1. The number of nitriles is 1. The van der Waals surface area contributed by atoms with Crippen LogP contribution in [0.4, 0.5) is 5.82 Å². The van der Waals surface area contributed by atoms with E-state index in [-0.39, 0.29) is 29.4 Å². The van der Waals surface area contributed by atoms with E-state index in [4.69, 9.17) is 0 Å². The number of pyridine rings is 1. The lowest BCUT2D eigenvalue weighted by molar-refractivity contribution is -0.132. The Bertz CT molecular complexity index is 1190. The highest BCUT2D eigenvalue weighted by molar-refractivity contribution is 7.89. The number of nitrogens with one attached hydrogen (secondary N) is 1. The first kappa shape index (κ1) is 25.1. The SMILES string of the molecule is CC[C@H](C)N(CC(=O)N1CCCC1C#N)Nc1ccc(S(=O)(=O)N2CCc3ccccc3C2)cn1. The molecule has 1 fully saturated rings. The molecule has 186 valence electrons. The second-order valence-corrected chi connectivity index (χ2v) is 11.0. The first-order chi connectivity index (χ1) is 16.8. The van der Waals surface area contributed by atoms with Gasteiger partial charge in [-0.2, -0.15) is 9.57 Å². The molecule has 0 aliphatic carbocycles. The van der Waals surface area contributed by atoms with Gasteiger partial charge in [0.1, 0.15) is 16.8 Å². The summed E-state index contributed by atoms with van der Waals surface area (Å²) in [7, 11) is -3.67. The molecule has 4 rings (SSSR count). The number of benzene rings is 1. The third kappa shape index (κ3) is 5.48. The number of hydrazine groups is 1. The average molecular weight is 497 g/mol. The Hall–Kier alpha value is -3.00. The van der Waals surface area contributed by atoms with E-state index in [1.54, 1.807) is 22.0 Å². The Morgan fingerprint density at radius 1 is 1.26 bits per heavy atom. The summed E-state index contributed by atoms with van der Waals surface area (Å²) >= 11 is 0. The Morgan fingerprint density at radius 2 is 2.03 bits per heavy atom. The third-order valence-corrected chi connectivity index (χ3v) is 8.71. The van der Waals surface area contributed by atoms with Crippen molar-refractivity contribution in [3.63, 3.8) is 0 Å². The molecule has 0 radical (unpaired) electrons. The minimum absolute atomic E-state index is 0.0284. The fraction of sp³-hybridized carbons (Fsp3) is 0.480. The monoisotopic (exact) mass is 496 g/mol. The Labute approximate surface area is 207 Å². The fourth-order valence-corrected chi connectivity index (χ4v) is 5.90. The van der Waals surface area contributed by atoms with Crippen molar-refractivity contribution in [2.75, 3.05) is 25.1 Å². The van der Waals surface area contributed by atoms with Gasteiger partial charge in [-0.05, 0) is 55.9 Å². The topological polar surface area (TPSA) is 110 Å². The highest BCUT2D eigenvalue weighted by Gasteiger charge is 2.31. The summed E-state index contributed by atoms with van der Waals surface area (Å²) in [5.74, 6) is 0.353. The van der Waals surface area contributed by atoms with E-state index in [1.165, 1.54) is 16.1 Å². The number of fused-ring (bicyclic) bond motifs is 1. The Morgan fingerprint density at radius 3 is 2.71 bits per heavy atom. The molecule has 2 aromatic rings. The minimum Gasteiger partial charge on any atom is -0.325 e. The molecule has 3 heterocycles. The summed E-state index contributed by atoms with van der Waals surface area (Å²) in [5, 5.41) is 11.1. The Balaban J connectivity index is 1.45. The van der Waals surface area contributed by atoms with Gasteiger partial charge < -0.3 is 10.3 Å². The van der Waals surface area contributed by atoms with Crippen LogP contribution in [0.15, 0.2) is 47.5 Å². The normalized spacial score (nSPS) is 19.3. The molecule has 9 nitrogen and oxygen atoms in total. The number of aromatic nitrogens is 1. The predicted molar refractivity (Wildman–Crippen MR) is 132 cm³/mol. The van der Waals surface area contributed by atoms with Gasteiger partial charge in [-0.3, -0.25) is 4.79 Å². The van der Waals surface area contributed by atoms with E-state index in [9.17, 15) is 18.5 Å². The van der Waals surface area contributed by atoms with E-state index < -0.39 is 10.0 Å². The largest absolute Gasteiger partial charge is 0.325 e. The Kier molecular flexibility index (Phi) is 7.69. The van der Waals surface area contributed by atoms with Crippen molar-refractivity contribution in [3.05, 3.63) is 53.7 Å². The second-order valence-electron chi connectivity index (χ2n) is 9.11. The van der Waals surface area contributed by atoms with Crippen LogP contribution in [-0.2, 0) is 27.8 Å². The standard InChI is InChI=1S/C25H32N6O3S/c1-3-19(2)31(18-25(32)30-13-6-9-22(30)15-26)28-24-11-10-23(16-27-24)35(33,34)29-14-12-20-7-4-5-8-21(20)17-29/h4-5,7-8,10-11,16,19,22H,3,6,9,12-14,17-18H2,1-2H3,(H,27,28)/t19-,22?/m0/s1. The molecule has 1 unspecified atom stereocenters. The molecule has 1 saturated heterocycles. The third-order valence-electron chi connectivity index (χ3n) is 6.88. The maximum absolute atomic E-state index is 13.2. The van der Waals surface area contributed by atoms with Gasteiger partial charge in [0.05, 0.1) is 12.6 Å². The van der Waals surface area contributed by atoms with Gasteiger partial charge in [-0.1, -0.05) is 31.2 Å². The number of anilines is 1. The van der Waals surface area contributed by atoms with Gasteiger partial charge in [0.15, 0.2) is 0 Å². The first-order valence-corrected chi connectivity index (χ1v) is 13.5. The number of nitrogens with zero attached hydrogens (tertiary/aromatic N) is 5. The van der Waals surface area contributed by atoms with Crippen LogP contribution < -0.4 is 5.43 Å². The molecule has 2 atom stereocenters. The number of carbonyl (C=O) groups excluding carboxylic acids is 1. The number of carbonyl (C=O) groups is 1. The zero-order valence-corrected chi connectivity index (χ0v) is 21.0. The molecule has 1 aromatic heterocycles. The number of sulfonamides is 1. The van der Waals surface area contributed by atoms with Gasteiger partial charge in [0, 0.05) is 31.9 Å². The van der Waals surface area contributed by atoms with Crippen molar-refractivity contribution in [1.82, 2.24) is 19.2 Å². The van der Waals surface area contributed by atoms with Crippen LogP contribution in [0.25, 0.3) is 0 Å². The van der Waals surface area contributed by atoms with E-state index in [1.807, 2.05) is 38.1 Å². The molecule has 1 aromatic carbocycles. The van der Waals surface area contributed by atoms with Gasteiger partial charge >= 0.3 is 0 Å². The molecule has 1 amide bonds. The van der Waals surface area contributed by atoms with Crippen molar-refractivity contribution in [3.8, 4) is 6.07 Å². The van der Waals surface area contributed by atoms with Crippen molar-refractivity contribution in [2.24, 2.45) is 0 Å². The summed E-state index contributed by atoms with van der Waals surface area (Å²) in [5.41, 5.74) is 5.38. The van der Waals surface area contributed by atoms with Crippen molar-refractivity contribution < 1.29 is 13.2 Å². The molecule has 2 aliphatic heterocycles.